The largest absolute Gasteiger partial charge is 0.492 e. The third-order valence-electron chi connectivity index (χ3n) is 2.53. The second-order valence-corrected chi connectivity index (χ2v) is 3.74. The predicted molar refractivity (Wildman–Crippen MR) is 57.8 cm³/mol. The van der Waals surface area contributed by atoms with Crippen LogP contribution >= 0.6 is 0 Å². The summed E-state index contributed by atoms with van der Waals surface area (Å²) in [4.78, 5) is 23.7. The molecule has 2 amide bonds. The number of imide groups is 1. The van der Waals surface area contributed by atoms with Crippen molar-refractivity contribution in [1.82, 2.24) is 4.90 Å². The van der Waals surface area contributed by atoms with Gasteiger partial charge in [0, 0.05) is 18.9 Å². The molecule has 1 aliphatic rings. The van der Waals surface area contributed by atoms with Gasteiger partial charge in [-0.05, 0) is 12.1 Å². The van der Waals surface area contributed by atoms with Crippen LogP contribution in [0.5, 0.6) is 5.75 Å². The van der Waals surface area contributed by atoms with E-state index in [4.69, 9.17) is 4.74 Å². The molecule has 0 aliphatic carbocycles. The summed E-state index contributed by atoms with van der Waals surface area (Å²) in [5.41, 5.74) is 0. The molecule has 0 atom stereocenters. The molecular formula is C12H12FNO3. The van der Waals surface area contributed by atoms with Crippen molar-refractivity contribution >= 4 is 11.8 Å². The number of benzene rings is 1. The van der Waals surface area contributed by atoms with Crippen LogP contribution in [0.2, 0.25) is 0 Å². The van der Waals surface area contributed by atoms with Crippen LogP contribution in [-0.4, -0.2) is 29.9 Å². The number of nitrogens with zero attached hydrogens (tertiary/aromatic N) is 1. The average Bonchev–Trinajstić information content (AvgIpc) is 2.61. The minimum absolute atomic E-state index is 0.169. The lowest BCUT2D eigenvalue weighted by Crippen LogP contribution is -2.33. The van der Waals surface area contributed by atoms with Gasteiger partial charge in [-0.1, -0.05) is 6.07 Å². The fourth-order valence-corrected chi connectivity index (χ4v) is 1.68. The number of carbonyl (C=O) groups is 2. The van der Waals surface area contributed by atoms with Crippen molar-refractivity contribution in [2.75, 3.05) is 13.2 Å². The molecule has 1 heterocycles. The van der Waals surface area contributed by atoms with E-state index < -0.39 is 0 Å². The van der Waals surface area contributed by atoms with Gasteiger partial charge >= 0.3 is 0 Å². The van der Waals surface area contributed by atoms with Gasteiger partial charge in [0.05, 0.1) is 6.54 Å². The Morgan fingerprint density at radius 2 is 1.94 bits per heavy atom. The summed E-state index contributed by atoms with van der Waals surface area (Å²) in [6.45, 7) is 0.398. The predicted octanol–water partition coefficient (Wildman–Crippen LogP) is 1.35. The van der Waals surface area contributed by atoms with Gasteiger partial charge in [0.1, 0.15) is 18.2 Å². The monoisotopic (exact) mass is 237 g/mol. The number of likely N-dealkylation sites (tertiary alicyclic amines) is 1. The molecular weight excluding hydrogens is 225 g/mol. The number of halogens is 1. The van der Waals surface area contributed by atoms with Gasteiger partial charge in [-0.15, -0.1) is 0 Å². The lowest BCUT2D eigenvalue weighted by molar-refractivity contribution is -0.138. The van der Waals surface area contributed by atoms with Crippen molar-refractivity contribution in [2.24, 2.45) is 0 Å². The molecule has 1 fully saturated rings. The van der Waals surface area contributed by atoms with Crippen molar-refractivity contribution in [3.8, 4) is 5.75 Å². The van der Waals surface area contributed by atoms with Gasteiger partial charge < -0.3 is 4.74 Å². The maximum absolute atomic E-state index is 12.8. The lowest BCUT2D eigenvalue weighted by Gasteiger charge is -2.14. The molecule has 0 radical (unpaired) electrons. The molecule has 0 spiro atoms. The second kappa shape index (κ2) is 4.95. The van der Waals surface area contributed by atoms with Crippen LogP contribution in [0.3, 0.4) is 0 Å². The van der Waals surface area contributed by atoms with Gasteiger partial charge in [-0.25, -0.2) is 4.39 Å². The fraction of sp³-hybridized carbons (Fsp3) is 0.333. The average molecular weight is 237 g/mol. The molecule has 1 aliphatic heterocycles. The first kappa shape index (κ1) is 11.6. The summed E-state index contributed by atoms with van der Waals surface area (Å²) in [6.07, 6.45) is 0.553. The van der Waals surface area contributed by atoms with Crippen molar-refractivity contribution in [2.45, 2.75) is 12.8 Å². The third-order valence-corrected chi connectivity index (χ3v) is 2.53. The van der Waals surface area contributed by atoms with Crippen LogP contribution < -0.4 is 4.74 Å². The third kappa shape index (κ3) is 2.81. The number of carbonyl (C=O) groups excluding carboxylic acids is 2. The summed E-state index contributed by atoms with van der Waals surface area (Å²) in [5, 5.41) is 0. The molecule has 17 heavy (non-hydrogen) atoms. The number of ether oxygens (including phenoxy) is 1. The van der Waals surface area contributed by atoms with Crippen LogP contribution in [0.25, 0.3) is 0 Å². The van der Waals surface area contributed by atoms with Gasteiger partial charge in [-0.2, -0.15) is 0 Å². The molecule has 0 aromatic heterocycles. The summed E-state index contributed by atoms with van der Waals surface area (Å²) in [7, 11) is 0. The first-order valence-electron chi connectivity index (χ1n) is 5.38. The lowest BCUT2D eigenvalue weighted by atomic mass is 10.3. The van der Waals surface area contributed by atoms with Gasteiger partial charge in [0.25, 0.3) is 0 Å². The number of hydrogen-bond acceptors (Lipinski definition) is 3. The van der Waals surface area contributed by atoms with E-state index >= 15 is 0 Å². The molecule has 5 heteroatoms. The van der Waals surface area contributed by atoms with E-state index in [1.54, 1.807) is 6.07 Å². The Balaban J connectivity index is 1.83. The zero-order chi connectivity index (χ0) is 12.3. The molecule has 4 nitrogen and oxygen atoms in total. The fourth-order valence-electron chi connectivity index (χ4n) is 1.68. The van der Waals surface area contributed by atoms with Crippen molar-refractivity contribution in [3.63, 3.8) is 0 Å². The smallest absolute Gasteiger partial charge is 0.229 e. The molecule has 0 saturated carbocycles. The molecule has 90 valence electrons. The Labute approximate surface area is 98.0 Å². The van der Waals surface area contributed by atoms with E-state index in [0.717, 1.165) is 0 Å². The maximum atomic E-state index is 12.8. The first-order valence-corrected chi connectivity index (χ1v) is 5.38. The SMILES string of the molecule is O=C1CCC(=O)N1CCOc1cccc(F)c1. The van der Waals surface area contributed by atoms with Crippen molar-refractivity contribution in [1.29, 1.82) is 0 Å². The summed E-state index contributed by atoms with van der Waals surface area (Å²) in [6, 6.07) is 5.74. The summed E-state index contributed by atoms with van der Waals surface area (Å²) < 4.78 is 18.1. The second-order valence-electron chi connectivity index (χ2n) is 3.74. The Morgan fingerprint density at radius 1 is 1.24 bits per heavy atom. The van der Waals surface area contributed by atoms with E-state index in [2.05, 4.69) is 0 Å². The van der Waals surface area contributed by atoms with Crippen LogP contribution in [0.1, 0.15) is 12.8 Å². The van der Waals surface area contributed by atoms with E-state index in [1.807, 2.05) is 0 Å². The highest BCUT2D eigenvalue weighted by Gasteiger charge is 2.28. The standard InChI is InChI=1S/C12H12FNO3/c13-9-2-1-3-10(8-9)17-7-6-14-11(15)4-5-12(14)16/h1-3,8H,4-7H2. The zero-order valence-corrected chi connectivity index (χ0v) is 9.19. The van der Waals surface area contributed by atoms with Gasteiger partial charge in [0.2, 0.25) is 11.8 Å². The van der Waals surface area contributed by atoms with Gasteiger partial charge in [0.15, 0.2) is 0 Å². The Hall–Kier alpha value is -1.91. The summed E-state index contributed by atoms with van der Waals surface area (Å²) >= 11 is 0. The topological polar surface area (TPSA) is 46.6 Å². The zero-order valence-electron chi connectivity index (χ0n) is 9.19. The van der Waals surface area contributed by atoms with Crippen LogP contribution in [0.15, 0.2) is 24.3 Å². The first-order chi connectivity index (χ1) is 8.16. The highest BCUT2D eigenvalue weighted by Crippen LogP contribution is 2.14. The number of rotatable bonds is 4. The van der Waals surface area contributed by atoms with E-state index in [0.29, 0.717) is 5.75 Å². The Kier molecular flexibility index (Phi) is 3.37. The highest BCUT2D eigenvalue weighted by molar-refractivity contribution is 6.01. The summed E-state index contributed by atoms with van der Waals surface area (Å²) in [5.74, 6) is -0.324. The molecule has 2 rings (SSSR count). The molecule has 1 saturated heterocycles. The quantitative estimate of drug-likeness (QED) is 0.743. The van der Waals surface area contributed by atoms with Crippen LogP contribution in [0.4, 0.5) is 4.39 Å². The molecule has 1 aromatic rings. The van der Waals surface area contributed by atoms with E-state index in [9.17, 15) is 14.0 Å². The molecule has 0 unspecified atom stereocenters. The Bertz CT molecular complexity index is 431. The maximum Gasteiger partial charge on any atom is 0.229 e. The molecule has 0 bridgehead atoms. The van der Waals surface area contributed by atoms with Crippen molar-refractivity contribution in [3.05, 3.63) is 30.1 Å². The van der Waals surface area contributed by atoms with Crippen LogP contribution in [0, 0.1) is 5.82 Å². The van der Waals surface area contributed by atoms with Gasteiger partial charge in [-0.3, -0.25) is 14.5 Å². The normalized spacial score (nSPS) is 15.5. The van der Waals surface area contributed by atoms with E-state index in [1.165, 1.54) is 23.1 Å². The molecule has 1 aromatic carbocycles. The Morgan fingerprint density at radius 3 is 2.59 bits per heavy atom. The molecule has 0 N–H and O–H groups in total. The number of hydrogen-bond donors (Lipinski definition) is 0. The minimum Gasteiger partial charge on any atom is -0.492 e. The number of amides is 2. The van der Waals surface area contributed by atoms with E-state index in [-0.39, 0.29) is 43.6 Å². The minimum atomic E-state index is -0.379. The van der Waals surface area contributed by atoms with Crippen LogP contribution in [-0.2, 0) is 9.59 Å². The highest BCUT2D eigenvalue weighted by atomic mass is 19.1. The van der Waals surface area contributed by atoms with Crippen molar-refractivity contribution < 1.29 is 18.7 Å².